The monoisotopic (exact) mass is 466 g/mol. The highest BCUT2D eigenvalue weighted by molar-refractivity contribution is 5.81. The van der Waals surface area contributed by atoms with Crippen molar-refractivity contribution >= 4 is 11.5 Å². The van der Waals surface area contributed by atoms with E-state index in [0.29, 0.717) is 44.3 Å². The summed E-state index contributed by atoms with van der Waals surface area (Å²) < 4.78 is 50.4. The van der Waals surface area contributed by atoms with E-state index < -0.39 is 11.7 Å². The van der Waals surface area contributed by atoms with Crippen molar-refractivity contribution in [3.63, 3.8) is 0 Å². The van der Waals surface area contributed by atoms with Crippen LogP contribution >= 0.6 is 0 Å². The number of benzene rings is 1. The molecule has 0 radical (unpaired) electrons. The predicted octanol–water partition coefficient (Wildman–Crippen LogP) is 4.27. The van der Waals surface area contributed by atoms with Crippen LogP contribution in [0, 0.1) is 5.92 Å². The van der Waals surface area contributed by atoms with E-state index in [4.69, 9.17) is 9.47 Å². The van der Waals surface area contributed by atoms with Crippen molar-refractivity contribution in [1.82, 2.24) is 10.2 Å². The summed E-state index contributed by atoms with van der Waals surface area (Å²) in [6.45, 7) is 4.97. The SMILES string of the molecule is CCOC1COCCC1NC1CCC(C(=O)N2CC=C(c3cccc(C(F)(F)F)c3)CC2)C1. The highest BCUT2D eigenvalue weighted by Gasteiger charge is 2.36. The van der Waals surface area contributed by atoms with Crippen LogP contribution in [0.2, 0.25) is 0 Å². The fourth-order valence-electron chi connectivity index (χ4n) is 5.23. The normalized spacial score (nSPS) is 28.6. The van der Waals surface area contributed by atoms with E-state index in [2.05, 4.69) is 5.32 Å². The molecular weight excluding hydrogens is 433 g/mol. The Bertz CT molecular complexity index is 856. The van der Waals surface area contributed by atoms with Crippen molar-refractivity contribution in [2.75, 3.05) is 32.9 Å². The third kappa shape index (κ3) is 5.97. The van der Waals surface area contributed by atoms with E-state index in [-0.39, 0.29) is 24.0 Å². The van der Waals surface area contributed by atoms with Gasteiger partial charge in [-0.05, 0) is 62.3 Å². The molecule has 1 amide bonds. The molecule has 3 aliphatic rings. The van der Waals surface area contributed by atoms with Crippen molar-refractivity contribution in [1.29, 1.82) is 0 Å². The van der Waals surface area contributed by atoms with Crippen LogP contribution in [0.5, 0.6) is 0 Å². The number of carbonyl (C=O) groups is 1. The van der Waals surface area contributed by atoms with Gasteiger partial charge in [0, 0.05) is 44.3 Å². The lowest BCUT2D eigenvalue weighted by Crippen LogP contribution is -2.51. The molecule has 8 heteroatoms. The molecule has 5 nitrogen and oxygen atoms in total. The van der Waals surface area contributed by atoms with E-state index in [1.165, 1.54) is 12.1 Å². The predicted molar refractivity (Wildman–Crippen MR) is 120 cm³/mol. The summed E-state index contributed by atoms with van der Waals surface area (Å²) in [6.07, 6.45) is 1.72. The molecule has 33 heavy (non-hydrogen) atoms. The molecule has 1 N–H and O–H groups in total. The van der Waals surface area contributed by atoms with Gasteiger partial charge in [0.2, 0.25) is 5.91 Å². The first-order chi connectivity index (χ1) is 15.8. The molecule has 0 aromatic heterocycles. The second-order valence-electron chi connectivity index (χ2n) is 9.18. The lowest BCUT2D eigenvalue weighted by Gasteiger charge is -2.34. The molecule has 182 valence electrons. The molecule has 1 aliphatic carbocycles. The van der Waals surface area contributed by atoms with Gasteiger partial charge in [0.1, 0.15) is 0 Å². The first-order valence-corrected chi connectivity index (χ1v) is 12.0. The number of nitrogens with one attached hydrogen (secondary N) is 1. The zero-order valence-corrected chi connectivity index (χ0v) is 19.1. The Kier molecular flexibility index (Phi) is 7.76. The Morgan fingerprint density at radius 1 is 1.27 bits per heavy atom. The number of halogens is 3. The Balaban J connectivity index is 1.31. The quantitative estimate of drug-likeness (QED) is 0.680. The maximum absolute atomic E-state index is 13.1. The van der Waals surface area contributed by atoms with E-state index >= 15 is 0 Å². The van der Waals surface area contributed by atoms with Crippen molar-refractivity contribution in [2.24, 2.45) is 5.92 Å². The van der Waals surface area contributed by atoms with Gasteiger partial charge < -0.3 is 19.7 Å². The summed E-state index contributed by atoms with van der Waals surface area (Å²) in [5.74, 6) is 0.156. The zero-order chi connectivity index (χ0) is 23.4. The largest absolute Gasteiger partial charge is 0.416 e. The van der Waals surface area contributed by atoms with Gasteiger partial charge in [0.25, 0.3) is 0 Å². The molecule has 0 spiro atoms. The summed E-state index contributed by atoms with van der Waals surface area (Å²) >= 11 is 0. The number of carbonyl (C=O) groups excluding carboxylic acids is 1. The number of alkyl halides is 3. The Morgan fingerprint density at radius 2 is 2.12 bits per heavy atom. The minimum absolute atomic E-state index is 0.00334. The molecule has 1 aromatic rings. The van der Waals surface area contributed by atoms with Crippen molar-refractivity contribution < 1.29 is 27.4 Å². The van der Waals surface area contributed by atoms with Gasteiger partial charge in [-0.3, -0.25) is 4.79 Å². The van der Waals surface area contributed by atoms with Gasteiger partial charge in [-0.1, -0.05) is 18.2 Å². The fourth-order valence-corrected chi connectivity index (χ4v) is 5.23. The van der Waals surface area contributed by atoms with Crippen molar-refractivity contribution in [3.05, 3.63) is 41.5 Å². The van der Waals surface area contributed by atoms with Crippen LogP contribution in [0.4, 0.5) is 13.2 Å². The molecule has 1 aromatic carbocycles. The zero-order valence-electron chi connectivity index (χ0n) is 19.1. The molecule has 1 saturated carbocycles. The topological polar surface area (TPSA) is 50.8 Å². The van der Waals surface area contributed by atoms with Crippen LogP contribution in [0.15, 0.2) is 30.3 Å². The second kappa shape index (κ2) is 10.6. The van der Waals surface area contributed by atoms with Crippen LogP contribution in [0.1, 0.15) is 50.2 Å². The molecule has 4 rings (SSSR count). The van der Waals surface area contributed by atoms with Crippen LogP contribution in [0.25, 0.3) is 5.57 Å². The summed E-state index contributed by atoms with van der Waals surface area (Å²) in [6, 6.07) is 5.98. The maximum atomic E-state index is 13.1. The molecule has 1 saturated heterocycles. The maximum Gasteiger partial charge on any atom is 0.416 e. The molecule has 4 unspecified atom stereocenters. The van der Waals surface area contributed by atoms with Crippen molar-refractivity contribution in [2.45, 2.75) is 63.4 Å². The third-order valence-corrected chi connectivity index (χ3v) is 7.00. The first kappa shape index (κ1) is 24.2. The van der Waals surface area contributed by atoms with Gasteiger partial charge in [0.15, 0.2) is 0 Å². The fraction of sp³-hybridized carbons (Fsp3) is 0.640. The number of hydrogen-bond acceptors (Lipinski definition) is 4. The van der Waals surface area contributed by atoms with Crippen molar-refractivity contribution in [3.8, 4) is 0 Å². The smallest absolute Gasteiger partial charge is 0.379 e. The summed E-state index contributed by atoms with van der Waals surface area (Å²) in [5.41, 5.74) is 0.819. The third-order valence-electron chi connectivity index (χ3n) is 7.00. The first-order valence-electron chi connectivity index (χ1n) is 12.0. The number of ether oxygens (including phenoxy) is 2. The molecular formula is C25H33F3N2O3. The summed E-state index contributed by atoms with van der Waals surface area (Å²) in [4.78, 5) is 15.0. The van der Waals surface area contributed by atoms with Crippen LogP contribution in [0.3, 0.4) is 0 Å². The van der Waals surface area contributed by atoms with Gasteiger partial charge >= 0.3 is 6.18 Å². The second-order valence-corrected chi connectivity index (χ2v) is 9.18. The lowest BCUT2D eigenvalue weighted by molar-refractivity contribution is -0.137. The van der Waals surface area contributed by atoms with Gasteiger partial charge in [0.05, 0.1) is 18.3 Å². The Morgan fingerprint density at radius 3 is 2.85 bits per heavy atom. The van der Waals surface area contributed by atoms with Crippen LogP contribution in [-0.2, 0) is 20.4 Å². The van der Waals surface area contributed by atoms with Gasteiger partial charge in [-0.2, -0.15) is 13.2 Å². The minimum Gasteiger partial charge on any atom is -0.379 e. The number of rotatable bonds is 6. The number of hydrogen-bond donors (Lipinski definition) is 1. The van der Waals surface area contributed by atoms with Crippen LogP contribution < -0.4 is 5.32 Å². The van der Waals surface area contributed by atoms with E-state index in [9.17, 15) is 18.0 Å². The number of amides is 1. The molecule has 2 heterocycles. The molecule has 2 aliphatic heterocycles. The van der Waals surface area contributed by atoms with Crippen LogP contribution in [-0.4, -0.2) is 61.9 Å². The summed E-state index contributed by atoms with van der Waals surface area (Å²) in [7, 11) is 0. The Hall–Kier alpha value is -1.90. The van der Waals surface area contributed by atoms with E-state index in [1.807, 2.05) is 17.9 Å². The highest BCUT2D eigenvalue weighted by atomic mass is 19.4. The van der Waals surface area contributed by atoms with E-state index in [1.54, 1.807) is 6.07 Å². The number of nitrogens with zero attached hydrogens (tertiary/aromatic N) is 1. The highest BCUT2D eigenvalue weighted by Crippen LogP contribution is 2.33. The molecule has 0 bridgehead atoms. The average molecular weight is 467 g/mol. The molecule has 4 atom stereocenters. The van der Waals surface area contributed by atoms with Gasteiger partial charge in [-0.15, -0.1) is 0 Å². The standard InChI is InChI=1S/C25H33F3N2O3/c1-2-33-23-16-32-13-10-22(23)29-21-7-6-19(15-21)24(31)30-11-8-17(9-12-30)18-4-3-5-20(14-18)25(26,27)28/h3-5,8,14,19,21-23,29H,2,6-7,9-13,15-16H2,1H3. The summed E-state index contributed by atoms with van der Waals surface area (Å²) in [5, 5.41) is 3.71. The average Bonchev–Trinajstić information content (AvgIpc) is 3.28. The van der Waals surface area contributed by atoms with E-state index in [0.717, 1.165) is 43.9 Å². The Labute approximate surface area is 193 Å². The molecule has 2 fully saturated rings. The minimum atomic E-state index is -4.35. The van der Waals surface area contributed by atoms with Gasteiger partial charge in [-0.25, -0.2) is 0 Å². The lowest BCUT2D eigenvalue weighted by atomic mass is 9.96.